The number of alkyl halides is 4. The van der Waals surface area contributed by atoms with Crippen LogP contribution in [0.1, 0.15) is 22.3 Å². The van der Waals surface area contributed by atoms with Gasteiger partial charge in [0.15, 0.2) is 0 Å². The summed E-state index contributed by atoms with van der Waals surface area (Å²) in [7, 11) is 0. The van der Waals surface area contributed by atoms with Gasteiger partial charge in [-0.05, 0) is 25.0 Å². The second-order valence-electron chi connectivity index (χ2n) is 5.73. The standard InChI is InChI=1S/C18H18F4/c1-13-3-7-15(8-4-13)11-17(19,20)18(21,22)12-16-9-5-14(2)6-10-16/h3-10H,11-12H2,1-2H3. The molecule has 0 bridgehead atoms. The van der Waals surface area contributed by atoms with Gasteiger partial charge in [0.25, 0.3) is 0 Å². The SMILES string of the molecule is Cc1ccc(CC(F)(F)C(F)(F)Cc2ccc(C)cc2)cc1. The van der Waals surface area contributed by atoms with Gasteiger partial charge >= 0.3 is 11.8 Å². The molecule has 0 spiro atoms. The molecule has 0 aliphatic heterocycles. The molecular weight excluding hydrogens is 292 g/mol. The van der Waals surface area contributed by atoms with E-state index in [2.05, 4.69) is 0 Å². The largest absolute Gasteiger partial charge is 0.314 e. The minimum absolute atomic E-state index is 0.208. The number of benzene rings is 2. The average molecular weight is 310 g/mol. The van der Waals surface area contributed by atoms with Crippen LogP contribution >= 0.6 is 0 Å². The van der Waals surface area contributed by atoms with Crippen molar-refractivity contribution in [2.45, 2.75) is 38.5 Å². The van der Waals surface area contributed by atoms with Gasteiger partial charge in [-0.3, -0.25) is 0 Å². The van der Waals surface area contributed by atoms with Crippen LogP contribution in [0.25, 0.3) is 0 Å². The predicted octanol–water partition coefficient (Wildman–Crippen LogP) is 5.36. The molecule has 0 N–H and O–H groups in total. The molecule has 0 aliphatic carbocycles. The van der Waals surface area contributed by atoms with Crippen LogP contribution in [0.3, 0.4) is 0 Å². The molecule has 0 saturated carbocycles. The first-order valence-corrected chi connectivity index (χ1v) is 7.06. The Labute approximate surface area is 127 Å². The lowest BCUT2D eigenvalue weighted by Gasteiger charge is -2.27. The fourth-order valence-corrected chi connectivity index (χ4v) is 2.18. The average Bonchev–Trinajstić information content (AvgIpc) is 2.43. The second kappa shape index (κ2) is 6.11. The van der Waals surface area contributed by atoms with Gasteiger partial charge in [-0.25, -0.2) is 0 Å². The number of rotatable bonds is 5. The van der Waals surface area contributed by atoms with E-state index < -0.39 is 24.7 Å². The van der Waals surface area contributed by atoms with Crippen LogP contribution in [-0.2, 0) is 12.8 Å². The summed E-state index contributed by atoms with van der Waals surface area (Å²) < 4.78 is 56.0. The van der Waals surface area contributed by atoms with Gasteiger partial charge in [0.05, 0.1) is 0 Å². The van der Waals surface area contributed by atoms with Crippen molar-refractivity contribution in [1.82, 2.24) is 0 Å². The van der Waals surface area contributed by atoms with Gasteiger partial charge in [-0.1, -0.05) is 59.7 Å². The molecule has 4 heteroatoms. The molecule has 0 saturated heterocycles. The zero-order chi connectivity index (χ0) is 16.4. The third-order valence-corrected chi connectivity index (χ3v) is 3.63. The normalized spacial score (nSPS) is 12.5. The van der Waals surface area contributed by atoms with Crippen molar-refractivity contribution in [3.63, 3.8) is 0 Å². The molecule has 0 unspecified atom stereocenters. The summed E-state index contributed by atoms with van der Waals surface area (Å²) in [5.74, 6) is -8.18. The molecule has 0 aliphatic rings. The smallest absolute Gasteiger partial charge is 0.200 e. The van der Waals surface area contributed by atoms with Crippen molar-refractivity contribution >= 4 is 0 Å². The Morgan fingerprint density at radius 1 is 0.591 bits per heavy atom. The van der Waals surface area contributed by atoms with Gasteiger partial charge in [0.2, 0.25) is 0 Å². The molecule has 2 aromatic carbocycles. The number of hydrogen-bond donors (Lipinski definition) is 0. The lowest BCUT2D eigenvalue weighted by Crippen LogP contribution is -2.44. The Balaban J connectivity index is 2.14. The quantitative estimate of drug-likeness (QED) is 0.652. The van der Waals surface area contributed by atoms with Crippen LogP contribution in [0.2, 0.25) is 0 Å². The summed E-state index contributed by atoms with van der Waals surface area (Å²) in [6.07, 6.45) is -1.93. The Hall–Kier alpha value is -1.84. The summed E-state index contributed by atoms with van der Waals surface area (Å²) in [5.41, 5.74) is 2.22. The fraction of sp³-hybridized carbons (Fsp3) is 0.333. The Kier molecular flexibility index (Phi) is 4.59. The molecule has 0 nitrogen and oxygen atoms in total. The van der Waals surface area contributed by atoms with Crippen LogP contribution in [0.4, 0.5) is 17.6 Å². The molecule has 0 atom stereocenters. The first-order valence-electron chi connectivity index (χ1n) is 7.06. The van der Waals surface area contributed by atoms with Crippen LogP contribution in [0.15, 0.2) is 48.5 Å². The summed E-state index contributed by atoms with van der Waals surface area (Å²) in [4.78, 5) is 0. The predicted molar refractivity (Wildman–Crippen MR) is 79.7 cm³/mol. The summed E-state index contributed by atoms with van der Waals surface area (Å²) >= 11 is 0. The Bertz CT molecular complexity index is 555. The van der Waals surface area contributed by atoms with Crippen LogP contribution in [-0.4, -0.2) is 11.8 Å². The van der Waals surface area contributed by atoms with Crippen molar-refractivity contribution in [1.29, 1.82) is 0 Å². The Morgan fingerprint density at radius 2 is 0.864 bits per heavy atom. The number of halogens is 4. The molecular formula is C18H18F4. The summed E-state index contributed by atoms with van der Waals surface area (Å²) in [6, 6.07) is 12.4. The fourth-order valence-electron chi connectivity index (χ4n) is 2.18. The van der Waals surface area contributed by atoms with Crippen LogP contribution in [0, 0.1) is 13.8 Å². The molecule has 0 amide bonds. The monoisotopic (exact) mass is 310 g/mol. The van der Waals surface area contributed by atoms with Gasteiger partial charge in [-0.2, -0.15) is 17.6 Å². The summed E-state index contributed by atoms with van der Waals surface area (Å²) in [6.45, 7) is 3.63. The molecule has 2 aromatic rings. The lowest BCUT2D eigenvalue weighted by molar-refractivity contribution is -0.206. The van der Waals surface area contributed by atoms with Crippen molar-refractivity contribution in [3.05, 3.63) is 70.8 Å². The minimum Gasteiger partial charge on any atom is -0.200 e. The molecule has 0 radical (unpaired) electrons. The van der Waals surface area contributed by atoms with Crippen molar-refractivity contribution in [2.24, 2.45) is 0 Å². The number of aryl methyl sites for hydroxylation is 2. The first kappa shape index (κ1) is 16.5. The third-order valence-electron chi connectivity index (χ3n) is 3.63. The molecule has 0 fully saturated rings. The zero-order valence-corrected chi connectivity index (χ0v) is 12.5. The number of hydrogen-bond acceptors (Lipinski definition) is 0. The van der Waals surface area contributed by atoms with Crippen molar-refractivity contribution < 1.29 is 17.6 Å². The van der Waals surface area contributed by atoms with E-state index in [1.807, 2.05) is 13.8 Å². The maximum atomic E-state index is 14.0. The van der Waals surface area contributed by atoms with E-state index in [9.17, 15) is 17.6 Å². The molecule has 0 aromatic heterocycles. The highest BCUT2D eigenvalue weighted by Crippen LogP contribution is 2.39. The van der Waals surface area contributed by atoms with E-state index in [1.165, 1.54) is 24.3 Å². The van der Waals surface area contributed by atoms with Crippen molar-refractivity contribution in [3.8, 4) is 0 Å². The van der Waals surface area contributed by atoms with E-state index in [4.69, 9.17) is 0 Å². The molecule has 22 heavy (non-hydrogen) atoms. The van der Waals surface area contributed by atoms with Crippen LogP contribution < -0.4 is 0 Å². The van der Waals surface area contributed by atoms with E-state index in [0.717, 1.165) is 11.1 Å². The van der Waals surface area contributed by atoms with Crippen molar-refractivity contribution in [2.75, 3.05) is 0 Å². The maximum Gasteiger partial charge on any atom is 0.314 e. The van der Waals surface area contributed by atoms with E-state index >= 15 is 0 Å². The second-order valence-corrected chi connectivity index (χ2v) is 5.73. The van der Waals surface area contributed by atoms with Gasteiger partial charge in [0.1, 0.15) is 0 Å². The first-order chi connectivity index (χ1) is 10.2. The zero-order valence-electron chi connectivity index (χ0n) is 12.5. The summed E-state index contributed by atoms with van der Waals surface area (Å²) in [5, 5.41) is 0. The molecule has 2 rings (SSSR count). The molecule has 118 valence electrons. The Morgan fingerprint density at radius 3 is 1.14 bits per heavy atom. The van der Waals surface area contributed by atoms with E-state index in [-0.39, 0.29) is 11.1 Å². The maximum absolute atomic E-state index is 14.0. The van der Waals surface area contributed by atoms with Gasteiger partial charge in [0, 0.05) is 12.8 Å². The highest BCUT2D eigenvalue weighted by molar-refractivity contribution is 5.25. The minimum atomic E-state index is -4.09. The third kappa shape index (κ3) is 3.87. The van der Waals surface area contributed by atoms with E-state index in [1.54, 1.807) is 24.3 Å². The topological polar surface area (TPSA) is 0 Å². The van der Waals surface area contributed by atoms with E-state index in [0.29, 0.717) is 0 Å². The molecule has 0 heterocycles. The highest BCUT2D eigenvalue weighted by atomic mass is 19.3. The van der Waals surface area contributed by atoms with Gasteiger partial charge < -0.3 is 0 Å². The highest BCUT2D eigenvalue weighted by Gasteiger charge is 2.55. The lowest BCUT2D eigenvalue weighted by atomic mass is 9.96. The van der Waals surface area contributed by atoms with Crippen LogP contribution in [0.5, 0.6) is 0 Å². The van der Waals surface area contributed by atoms with Gasteiger partial charge in [-0.15, -0.1) is 0 Å².